The molecule has 1 N–H and O–H groups in total. The summed E-state index contributed by atoms with van der Waals surface area (Å²) in [5.41, 5.74) is 0. The minimum Gasteiger partial charge on any atom is -0.334 e. The molecule has 2 aromatic rings. The summed E-state index contributed by atoms with van der Waals surface area (Å²) in [6, 6.07) is 1.89. The van der Waals surface area contributed by atoms with Crippen molar-refractivity contribution in [2.24, 2.45) is 7.05 Å². The molecule has 8 nitrogen and oxygen atoms in total. The molecule has 1 saturated heterocycles. The fourth-order valence-electron chi connectivity index (χ4n) is 3.07. The van der Waals surface area contributed by atoms with E-state index in [9.17, 15) is 4.79 Å². The molecule has 1 fully saturated rings. The van der Waals surface area contributed by atoms with Crippen LogP contribution in [-0.2, 0) is 13.6 Å². The molecule has 0 radical (unpaired) electrons. The van der Waals surface area contributed by atoms with Gasteiger partial charge in [-0.15, -0.1) is 10.2 Å². The van der Waals surface area contributed by atoms with Gasteiger partial charge in [-0.3, -0.25) is 4.68 Å². The Kier molecular flexibility index (Phi) is 4.59. The normalized spacial score (nSPS) is 19.6. The summed E-state index contributed by atoms with van der Waals surface area (Å²) in [5.74, 6) is 1.20. The minimum absolute atomic E-state index is 0.0171. The lowest BCUT2D eigenvalue weighted by molar-refractivity contribution is 0.173. The van der Waals surface area contributed by atoms with Crippen molar-refractivity contribution in [1.29, 1.82) is 0 Å². The Morgan fingerprint density at radius 1 is 1.52 bits per heavy atom. The monoisotopic (exact) mass is 317 g/mol. The Morgan fingerprint density at radius 3 is 3.09 bits per heavy atom. The molecule has 23 heavy (non-hydrogen) atoms. The van der Waals surface area contributed by atoms with Crippen molar-refractivity contribution in [2.45, 2.75) is 38.3 Å². The maximum absolute atomic E-state index is 12.5. The van der Waals surface area contributed by atoms with Gasteiger partial charge in [0.05, 0.1) is 6.54 Å². The molecule has 8 heteroatoms. The highest BCUT2D eigenvalue weighted by Crippen LogP contribution is 2.24. The third kappa shape index (κ3) is 3.69. The van der Waals surface area contributed by atoms with Crippen LogP contribution in [0.4, 0.5) is 4.79 Å². The molecule has 1 aliphatic heterocycles. The number of likely N-dealkylation sites (tertiary alicyclic amines) is 1. The van der Waals surface area contributed by atoms with Gasteiger partial charge in [0.2, 0.25) is 0 Å². The Morgan fingerprint density at radius 2 is 2.39 bits per heavy atom. The van der Waals surface area contributed by atoms with Gasteiger partial charge in [-0.1, -0.05) is 0 Å². The van der Waals surface area contributed by atoms with E-state index in [-0.39, 0.29) is 18.0 Å². The van der Waals surface area contributed by atoms with Crippen LogP contribution in [0.3, 0.4) is 0 Å². The molecule has 2 atom stereocenters. The maximum atomic E-state index is 12.5. The van der Waals surface area contributed by atoms with Crippen LogP contribution in [0.5, 0.6) is 0 Å². The number of aryl methyl sites for hydroxylation is 1. The molecule has 0 bridgehead atoms. The molecular formula is C15H23N7O. The number of nitrogens with one attached hydrogen (secondary N) is 1. The van der Waals surface area contributed by atoms with Crippen LogP contribution in [0.25, 0.3) is 0 Å². The number of rotatable bonds is 4. The summed E-state index contributed by atoms with van der Waals surface area (Å²) < 4.78 is 3.76. The van der Waals surface area contributed by atoms with Crippen LogP contribution in [0.15, 0.2) is 24.8 Å². The van der Waals surface area contributed by atoms with Crippen molar-refractivity contribution in [3.05, 3.63) is 30.6 Å². The van der Waals surface area contributed by atoms with E-state index >= 15 is 0 Å². The van der Waals surface area contributed by atoms with E-state index in [2.05, 4.69) is 20.6 Å². The zero-order valence-electron chi connectivity index (χ0n) is 13.6. The SMILES string of the molecule is CC(Cn1cccn1)NC(=O)N1CCCC(c2nncn2C)C1. The second kappa shape index (κ2) is 6.80. The molecule has 124 valence electrons. The highest BCUT2D eigenvalue weighted by Gasteiger charge is 2.27. The first-order valence-electron chi connectivity index (χ1n) is 8.00. The van der Waals surface area contributed by atoms with Gasteiger partial charge in [-0.25, -0.2) is 4.79 Å². The zero-order valence-corrected chi connectivity index (χ0v) is 13.6. The Bertz CT molecular complexity index is 636. The quantitative estimate of drug-likeness (QED) is 0.912. The molecule has 0 saturated carbocycles. The van der Waals surface area contributed by atoms with E-state index in [1.165, 1.54) is 0 Å². The Balaban J connectivity index is 1.55. The molecule has 0 spiro atoms. The fraction of sp³-hybridized carbons (Fsp3) is 0.600. The first-order valence-corrected chi connectivity index (χ1v) is 8.00. The lowest BCUT2D eigenvalue weighted by Gasteiger charge is -2.33. The number of piperidine rings is 1. The van der Waals surface area contributed by atoms with Crippen LogP contribution in [0.2, 0.25) is 0 Å². The van der Waals surface area contributed by atoms with Crippen molar-refractivity contribution >= 4 is 6.03 Å². The predicted octanol–water partition coefficient (Wildman–Crippen LogP) is 0.989. The number of aromatic nitrogens is 5. The number of carbonyl (C=O) groups is 1. The third-order valence-corrected chi connectivity index (χ3v) is 4.21. The summed E-state index contributed by atoms with van der Waals surface area (Å²) >= 11 is 0. The topological polar surface area (TPSA) is 80.9 Å². The second-order valence-electron chi connectivity index (χ2n) is 6.16. The molecule has 3 heterocycles. The van der Waals surface area contributed by atoms with Crippen LogP contribution in [0, 0.1) is 0 Å². The van der Waals surface area contributed by atoms with E-state index in [0.717, 1.165) is 25.2 Å². The smallest absolute Gasteiger partial charge is 0.317 e. The first kappa shape index (κ1) is 15.5. The molecule has 1 aliphatic rings. The average molecular weight is 317 g/mol. The van der Waals surface area contributed by atoms with Gasteiger partial charge in [0.15, 0.2) is 0 Å². The molecule has 0 aromatic carbocycles. The van der Waals surface area contributed by atoms with Crippen LogP contribution in [-0.4, -0.2) is 54.6 Å². The van der Waals surface area contributed by atoms with Gasteiger partial charge in [0.25, 0.3) is 0 Å². The molecular weight excluding hydrogens is 294 g/mol. The number of amides is 2. The zero-order chi connectivity index (χ0) is 16.2. The van der Waals surface area contributed by atoms with Gasteiger partial charge in [-0.05, 0) is 25.8 Å². The number of urea groups is 1. The molecule has 2 aromatic heterocycles. The Labute approximate surface area is 135 Å². The number of carbonyl (C=O) groups excluding carboxylic acids is 1. The maximum Gasteiger partial charge on any atom is 0.317 e. The molecule has 2 amide bonds. The fourth-order valence-corrected chi connectivity index (χ4v) is 3.07. The summed E-state index contributed by atoms with van der Waals surface area (Å²) in [6.45, 7) is 4.13. The van der Waals surface area contributed by atoms with Gasteiger partial charge < -0.3 is 14.8 Å². The summed E-state index contributed by atoms with van der Waals surface area (Å²) in [5, 5.41) is 15.3. The number of nitrogens with zero attached hydrogens (tertiary/aromatic N) is 6. The number of hydrogen-bond donors (Lipinski definition) is 1. The van der Waals surface area contributed by atoms with E-state index in [0.29, 0.717) is 13.1 Å². The van der Waals surface area contributed by atoms with E-state index in [4.69, 9.17) is 0 Å². The molecule has 2 unspecified atom stereocenters. The first-order chi connectivity index (χ1) is 11.1. The van der Waals surface area contributed by atoms with Crippen molar-refractivity contribution in [1.82, 2.24) is 34.8 Å². The average Bonchev–Trinajstić information content (AvgIpc) is 3.19. The van der Waals surface area contributed by atoms with Gasteiger partial charge in [0.1, 0.15) is 12.2 Å². The highest BCUT2D eigenvalue weighted by molar-refractivity contribution is 5.74. The van der Waals surface area contributed by atoms with E-state index in [1.807, 2.05) is 40.4 Å². The van der Waals surface area contributed by atoms with E-state index in [1.54, 1.807) is 12.5 Å². The highest BCUT2D eigenvalue weighted by atomic mass is 16.2. The summed E-state index contributed by atoms with van der Waals surface area (Å²) in [6.07, 6.45) is 7.37. The summed E-state index contributed by atoms with van der Waals surface area (Å²) in [4.78, 5) is 14.4. The van der Waals surface area contributed by atoms with Gasteiger partial charge >= 0.3 is 6.03 Å². The summed E-state index contributed by atoms with van der Waals surface area (Å²) in [7, 11) is 1.94. The second-order valence-corrected chi connectivity index (χ2v) is 6.16. The van der Waals surface area contributed by atoms with Crippen molar-refractivity contribution in [3.63, 3.8) is 0 Å². The van der Waals surface area contributed by atoms with Gasteiger partial charge in [-0.2, -0.15) is 5.10 Å². The standard InChI is InChI=1S/C15H23N7O/c1-12(9-22-8-4-6-17-22)18-15(23)21-7-3-5-13(10-21)14-19-16-11-20(14)2/h4,6,8,11-13H,3,5,7,9-10H2,1-2H3,(H,18,23). The Hall–Kier alpha value is -2.38. The van der Waals surface area contributed by atoms with Gasteiger partial charge in [0, 0.05) is 44.5 Å². The van der Waals surface area contributed by atoms with Crippen LogP contribution < -0.4 is 5.32 Å². The minimum atomic E-state index is -0.0171. The predicted molar refractivity (Wildman–Crippen MR) is 84.8 cm³/mol. The lowest BCUT2D eigenvalue weighted by Crippen LogP contribution is -2.48. The number of hydrogen-bond acceptors (Lipinski definition) is 4. The molecule has 0 aliphatic carbocycles. The van der Waals surface area contributed by atoms with Crippen LogP contribution in [0.1, 0.15) is 31.5 Å². The van der Waals surface area contributed by atoms with Crippen molar-refractivity contribution in [3.8, 4) is 0 Å². The van der Waals surface area contributed by atoms with Crippen molar-refractivity contribution < 1.29 is 4.79 Å². The van der Waals surface area contributed by atoms with Crippen LogP contribution >= 0.6 is 0 Å². The largest absolute Gasteiger partial charge is 0.334 e. The van der Waals surface area contributed by atoms with E-state index < -0.39 is 0 Å². The van der Waals surface area contributed by atoms with Crippen molar-refractivity contribution in [2.75, 3.05) is 13.1 Å². The third-order valence-electron chi connectivity index (χ3n) is 4.21. The molecule has 3 rings (SSSR count). The lowest BCUT2D eigenvalue weighted by atomic mass is 9.97.